The Morgan fingerprint density at radius 2 is 1.85 bits per heavy atom. The van der Waals surface area contributed by atoms with Gasteiger partial charge in [-0.15, -0.1) is 0 Å². The number of hydrogen-bond donors (Lipinski definition) is 2. The van der Waals surface area contributed by atoms with Crippen molar-refractivity contribution in [2.75, 3.05) is 0 Å². The normalized spacial score (nSPS) is 11.0. The average Bonchev–Trinajstić information content (AvgIpc) is 2.65. The van der Waals surface area contributed by atoms with Crippen LogP contribution in [-0.4, -0.2) is 10.8 Å². The van der Waals surface area contributed by atoms with Crippen LogP contribution in [0.4, 0.5) is 0 Å². The summed E-state index contributed by atoms with van der Waals surface area (Å²) in [5, 5.41) is 19.3. The lowest BCUT2D eigenvalue weighted by molar-refractivity contribution is 0.464. The highest BCUT2D eigenvalue weighted by Gasteiger charge is 2.14. The van der Waals surface area contributed by atoms with Gasteiger partial charge < -0.3 is 9.52 Å². The van der Waals surface area contributed by atoms with Gasteiger partial charge in [0.1, 0.15) is 11.3 Å². The fourth-order valence-corrected chi connectivity index (χ4v) is 3.08. The van der Waals surface area contributed by atoms with Crippen molar-refractivity contribution in [3.05, 3.63) is 75.6 Å². The van der Waals surface area contributed by atoms with Crippen molar-refractivity contribution in [1.82, 2.24) is 0 Å². The van der Waals surface area contributed by atoms with E-state index in [2.05, 4.69) is 6.92 Å². The van der Waals surface area contributed by atoms with Crippen molar-refractivity contribution in [1.29, 1.82) is 5.41 Å². The van der Waals surface area contributed by atoms with Crippen molar-refractivity contribution in [3.8, 4) is 5.75 Å². The van der Waals surface area contributed by atoms with Gasteiger partial charge in [-0.2, -0.15) is 0 Å². The van der Waals surface area contributed by atoms with E-state index in [4.69, 9.17) is 9.83 Å². The first-order valence-corrected chi connectivity index (χ1v) is 9.04. The van der Waals surface area contributed by atoms with E-state index in [9.17, 15) is 9.90 Å². The van der Waals surface area contributed by atoms with Crippen LogP contribution in [-0.2, 0) is 6.42 Å². The Bertz CT molecular complexity index is 974. The molecule has 0 saturated carbocycles. The highest BCUT2D eigenvalue weighted by atomic mass is 16.4. The average molecular weight is 349 g/mol. The molecule has 0 unspecified atom stereocenters. The number of phenolic OH excluding ortho intramolecular Hbond substituents is 1. The van der Waals surface area contributed by atoms with E-state index in [1.807, 2.05) is 24.3 Å². The largest absolute Gasteiger partial charge is 0.508 e. The minimum absolute atomic E-state index is 0.138. The van der Waals surface area contributed by atoms with Gasteiger partial charge in [0.2, 0.25) is 0 Å². The van der Waals surface area contributed by atoms with Crippen LogP contribution in [0, 0.1) is 5.41 Å². The zero-order chi connectivity index (χ0) is 18.5. The van der Waals surface area contributed by atoms with Crippen LogP contribution in [0.3, 0.4) is 0 Å². The summed E-state index contributed by atoms with van der Waals surface area (Å²) >= 11 is 0. The Hall–Kier alpha value is -2.88. The number of unbranched alkanes of at least 4 members (excludes halogenated alkanes) is 3. The summed E-state index contributed by atoms with van der Waals surface area (Å²) in [6.45, 7) is 2.17. The molecule has 0 fully saturated rings. The van der Waals surface area contributed by atoms with Crippen LogP contribution in [0.15, 0.2) is 57.7 Å². The summed E-state index contributed by atoms with van der Waals surface area (Å²) in [4.78, 5) is 12.3. The quantitative estimate of drug-likeness (QED) is 0.356. The lowest BCUT2D eigenvalue weighted by Gasteiger charge is -2.08. The Labute approximate surface area is 152 Å². The Morgan fingerprint density at radius 1 is 1.08 bits per heavy atom. The molecule has 4 nitrogen and oxygen atoms in total. The van der Waals surface area contributed by atoms with Crippen molar-refractivity contribution in [2.24, 2.45) is 0 Å². The van der Waals surface area contributed by atoms with Crippen molar-refractivity contribution in [3.63, 3.8) is 0 Å². The van der Waals surface area contributed by atoms with E-state index in [-0.39, 0.29) is 17.0 Å². The molecule has 2 N–H and O–H groups in total. The number of aromatic hydroxyl groups is 1. The molecule has 4 heteroatoms. The molecule has 0 spiro atoms. The van der Waals surface area contributed by atoms with E-state index in [1.165, 1.54) is 18.9 Å². The predicted octanol–water partition coefficient (Wildman–Crippen LogP) is 5.04. The number of aryl methyl sites for hydroxylation is 1. The molecule has 0 aliphatic carbocycles. The molecule has 1 heterocycles. The third kappa shape index (κ3) is 3.85. The summed E-state index contributed by atoms with van der Waals surface area (Å²) in [5.74, 6) is 0.156. The molecule has 134 valence electrons. The maximum Gasteiger partial charge on any atom is 0.345 e. The third-order valence-corrected chi connectivity index (χ3v) is 4.56. The first-order valence-electron chi connectivity index (χ1n) is 9.04. The van der Waals surface area contributed by atoms with E-state index >= 15 is 0 Å². The van der Waals surface area contributed by atoms with E-state index < -0.39 is 5.63 Å². The Kier molecular flexibility index (Phi) is 5.52. The summed E-state index contributed by atoms with van der Waals surface area (Å²) in [5.41, 5.74) is 1.65. The maximum absolute atomic E-state index is 12.3. The maximum atomic E-state index is 12.3. The minimum atomic E-state index is -0.568. The minimum Gasteiger partial charge on any atom is -0.508 e. The van der Waals surface area contributed by atoms with Crippen molar-refractivity contribution < 1.29 is 9.52 Å². The van der Waals surface area contributed by atoms with Gasteiger partial charge in [-0.1, -0.05) is 56.5 Å². The van der Waals surface area contributed by atoms with Gasteiger partial charge in [-0.3, -0.25) is 5.41 Å². The summed E-state index contributed by atoms with van der Waals surface area (Å²) in [6.07, 6.45) is 5.27. The number of fused-ring (bicyclic) bond motifs is 1. The number of benzene rings is 2. The number of nitrogens with one attached hydrogen (secondary N) is 1. The molecule has 2 aromatic carbocycles. The highest BCUT2D eigenvalue weighted by molar-refractivity contribution is 6.11. The first-order chi connectivity index (χ1) is 12.6. The van der Waals surface area contributed by atoms with Crippen LogP contribution in [0.1, 0.15) is 49.3 Å². The Morgan fingerprint density at radius 3 is 2.58 bits per heavy atom. The van der Waals surface area contributed by atoms with Gasteiger partial charge in [0.25, 0.3) is 0 Å². The van der Waals surface area contributed by atoms with Gasteiger partial charge in [0.15, 0.2) is 0 Å². The standard InChI is InChI=1S/C22H23NO3/c1-2-3-4-6-11-16-12-17-13-18(21(23)15-9-7-5-8-10-15)22(25)26-20(17)14-19(16)24/h5,7-10,12-14,23-24H,2-4,6,11H2,1H3. The van der Waals surface area contributed by atoms with Crippen LogP contribution in [0.2, 0.25) is 0 Å². The smallest absolute Gasteiger partial charge is 0.345 e. The van der Waals surface area contributed by atoms with Crippen LogP contribution >= 0.6 is 0 Å². The fourth-order valence-electron chi connectivity index (χ4n) is 3.08. The molecular formula is C22H23NO3. The predicted molar refractivity (Wildman–Crippen MR) is 104 cm³/mol. The van der Waals surface area contributed by atoms with Crippen molar-refractivity contribution in [2.45, 2.75) is 39.0 Å². The number of phenols is 1. The topological polar surface area (TPSA) is 74.3 Å². The molecule has 0 aliphatic rings. The summed E-state index contributed by atoms with van der Waals surface area (Å²) in [7, 11) is 0. The molecular weight excluding hydrogens is 326 g/mol. The SMILES string of the molecule is CCCCCCc1cc2cc(C(=N)c3ccccc3)c(=O)oc2cc1O. The van der Waals surface area contributed by atoms with Crippen molar-refractivity contribution >= 4 is 16.7 Å². The van der Waals surface area contributed by atoms with Gasteiger partial charge >= 0.3 is 5.63 Å². The molecule has 0 saturated heterocycles. The Balaban J connectivity index is 1.96. The molecule has 0 atom stereocenters. The zero-order valence-corrected chi connectivity index (χ0v) is 14.9. The molecule has 0 amide bonds. The molecule has 0 bridgehead atoms. The third-order valence-electron chi connectivity index (χ3n) is 4.56. The monoisotopic (exact) mass is 349 g/mol. The number of hydrogen-bond acceptors (Lipinski definition) is 4. The number of rotatable bonds is 7. The zero-order valence-electron chi connectivity index (χ0n) is 14.9. The second-order valence-electron chi connectivity index (χ2n) is 6.52. The molecule has 0 aliphatic heterocycles. The second kappa shape index (κ2) is 8.00. The molecule has 0 radical (unpaired) electrons. The molecule has 3 rings (SSSR count). The summed E-state index contributed by atoms with van der Waals surface area (Å²) in [6, 6.07) is 14.2. The lowest BCUT2D eigenvalue weighted by atomic mass is 10.0. The van der Waals surface area contributed by atoms with Crippen LogP contribution in [0.25, 0.3) is 11.0 Å². The first kappa shape index (κ1) is 17.9. The van der Waals surface area contributed by atoms with Crippen LogP contribution in [0.5, 0.6) is 5.75 Å². The molecule has 3 aromatic rings. The lowest BCUT2D eigenvalue weighted by Crippen LogP contribution is -2.14. The molecule has 1 aromatic heterocycles. The van der Waals surface area contributed by atoms with Gasteiger partial charge in [0.05, 0.1) is 11.3 Å². The summed E-state index contributed by atoms with van der Waals surface area (Å²) < 4.78 is 5.36. The van der Waals surface area contributed by atoms with E-state index in [0.717, 1.165) is 30.2 Å². The van der Waals surface area contributed by atoms with Gasteiger partial charge in [0, 0.05) is 17.0 Å². The van der Waals surface area contributed by atoms with Gasteiger partial charge in [-0.05, 0) is 30.5 Å². The van der Waals surface area contributed by atoms with E-state index in [1.54, 1.807) is 18.2 Å². The van der Waals surface area contributed by atoms with Crippen LogP contribution < -0.4 is 5.63 Å². The second-order valence-corrected chi connectivity index (χ2v) is 6.52. The molecule has 26 heavy (non-hydrogen) atoms. The van der Waals surface area contributed by atoms with Gasteiger partial charge in [-0.25, -0.2) is 4.79 Å². The fraction of sp³-hybridized carbons (Fsp3) is 0.273. The van der Waals surface area contributed by atoms with E-state index in [0.29, 0.717) is 11.1 Å². The highest BCUT2D eigenvalue weighted by Crippen LogP contribution is 2.27.